The normalized spacial score (nSPS) is 13.0. The van der Waals surface area contributed by atoms with Gasteiger partial charge in [0, 0.05) is 0 Å². The van der Waals surface area contributed by atoms with Crippen LogP contribution in [0.25, 0.3) is 0 Å². The first-order valence-corrected chi connectivity index (χ1v) is 10.8. The first-order chi connectivity index (χ1) is 13.7. The van der Waals surface area contributed by atoms with E-state index in [1.807, 2.05) is 6.92 Å². The fourth-order valence-corrected chi connectivity index (χ4v) is 3.22. The van der Waals surface area contributed by atoms with E-state index in [0.29, 0.717) is 0 Å². The average Bonchev–Trinajstić information content (AvgIpc) is 2.63. The van der Waals surface area contributed by atoms with Crippen LogP contribution in [0.4, 0.5) is 0 Å². The molecule has 29 heavy (non-hydrogen) atoms. The Morgan fingerprint density at radius 3 is 1.66 bits per heavy atom. The van der Waals surface area contributed by atoms with Gasteiger partial charge in [0.05, 0.1) is 0 Å². The molecule has 1 rings (SSSR count). The van der Waals surface area contributed by atoms with Crippen LogP contribution in [0, 0.1) is 6.92 Å². The van der Waals surface area contributed by atoms with E-state index in [9.17, 15) is 10.2 Å². The van der Waals surface area contributed by atoms with Gasteiger partial charge in [-0.15, -0.1) is 0 Å². The molecule has 0 unspecified atom stereocenters. The average molecular weight is 397 g/mol. The Labute approximate surface area is 178 Å². The highest BCUT2D eigenvalue weighted by Crippen LogP contribution is 2.28. The minimum absolute atomic E-state index is 0.0450. The summed E-state index contributed by atoms with van der Waals surface area (Å²) < 4.78 is 0. The number of allylic oxidation sites excluding steroid dienone is 8. The molecule has 0 aliphatic heterocycles. The van der Waals surface area contributed by atoms with Crippen LogP contribution in [0.5, 0.6) is 11.5 Å². The van der Waals surface area contributed by atoms with Crippen molar-refractivity contribution in [3.63, 3.8) is 0 Å². The quantitative estimate of drug-likeness (QED) is 0.293. The maximum Gasteiger partial charge on any atom is 0.157 e. The van der Waals surface area contributed by atoms with Gasteiger partial charge in [0.25, 0.3) is 0 Å². The van der Waals surface area contributed by atoms with Crippen LogP contribution >= 0.6 is 0 Å². The zero-order chi connectivity index (χ0) is 21.8. The number of rotatable bonds is 11. The van der Waals surface area contributed by atoms with E-state index in [0.717, 1.165) is 56.1 Å². The minimum atomic E-state index is -0.0505. The lowest BCUT2D eigenvalue weighted by Crippen LogP contribution is -1.89. The highest BCUT2D eigenvalue weighted by molar-refractivity contribution is 5.45. The largest absolute Gasteiger partial charge is 0.504 e. The van der Waals surface area contributed by atoms with Crippen molar-refractivity contribution in [3.8, 4) is 11.5 Å². The van der Waals surface area contributed by atoms with Crippen molar-refractivity contribution in [2.75, 3.05) is 0 Å². The lowest BCUT2D eigenvalue weighted by atomic mass is 10.0. The second-order valence-electron chi connectivity index (χ2n) is 8.52. The Morgan fingerprint density at radius 2 is 1.14 bits per heavy atom. The van der Waals surface area contributed by atoms with E-state index in [-0.39, 0.29) is 11.5 Å². The maximum atomic E-state index is 9.68. The summed E-state index contributed by atoms with van der Waals surface area (Å²) >= 11 is 0. The second-order valence-corrected chi connectivity index (χ2v) is 8.52. The Morgan fingerprint density at radius 1 is 0.690 bits per heavy atom. The van der Waals surface area contributed by atoms with Crippen molar-refractivity contribution < 1.29 is 10.2 Å². The zero-order valence-electron chi connectivity index (χ0n) is 19.3. The molecule has 0 atom stereocenters. The molecule has 0 amide bonds. The number of hydrogen-bond acceptors (Lipinski definition) is 2. The van der Waals surface area contributed by atoms with Gasteiger partial charge in [0.1, 0.15) is 0 Å². The Kier molecular flexibility index (Phi) is 11.2. The molecule has 0 fully saturated rings. The molecule has 0 spiro atoms. The van der Waals surface area contributed by atoms with Crippen LogP contribution < -0.4 is 0 Å². The Bertz CT molecular complexity index is 772. The summed E-state index contributed by atoms with van der Waals surface area (Å²) in [6, 6.07) is 3.28. The minimum Gasteiger partial charge on any atom is -0.504 e. The third-order valence-corrected chi connectivity index (χ3v) is 5.26. The molecule has 0 saturated heterocycles. The number of hydrogen-bond donors (Lipinski definition) is 2. The molecule has 0 saturated carbocycles. The fourth-order valence-electron chi connectivity index (χ4n) is 3.22. The topological polar surface area (TPSA) is 40.5 Å². The van der Waals surface area contributed by atoms with Crippen LogP contribution in [0.2, 0.25) is 0 Å². The number of benzene rings is 1. The predicted molar refractivity (Wildman–Crippen MR) is 127 cm³/mol. The van der Waals surface area contributed by atoms with E-state index >= 15 is 0 Å². The van der Waals surface area contributed by atoms with Gasteiger partial charge in [-0.2, -0.15) is 0 Å². The first-order valence-electron chi connectivity index (χ1n) is 10.8. The number of phenols is 2. The molecule has 0 radical (unpaired) electrons. The molecule has 2 N–H and O–H groups in total. The zero-order valence-corrected chi connectivity index (χ0v) is 19.3. The number of phenolic OH excluding ortho intramolecular Hbond substituents is 2. The molecule has 1 aromatic carbocycles. The van der Waals surface area contributed by atoms with Crippen molar-refractivity contribution in [3.05, 3.63) is 69.9 Å². The van der Waals surface area contributed by atoms with E-state index in [1.54, 1.807) is 12.1 Å². The summed E-state index contributed by atoms with van der Waals surface area (Å²) in [7, 11) is 0. The summed E-state index contributed by atoms with van der Waals surface area (Å²) in [5.74, 6) is -0.0954. The monoisotopic (exact) mass is 396 g/mol. The Hall–Kier alpha value is -2.22. The van der Waals surface area contributed by atoms with E-state index in [2.05, 4.69) is 58.9 Å². The smallest absolute Gasteiger partial charge is 0.157 e. The van der Waals surface area contributed by atoms with E-state index in [1.165, 1.54) is 22.3 Å². The molecule has 0 aromatic heterocycles. The van der Waals surface area contributed by atoms with Crippen molar-refractivity contribution >= 4 is 0 Å². The molecule has 1 aromatic rings. The maximum absolute atomic E-state index is 9.68. The van der Waals surface area contributed by atoms with Gasteiger partial charge < -0.3 is 10.2 Å². The molecule has 0 aliphatic carbocycles. The van der Waals surface area contributed by atoms with Gasteiger partial charge in [0.15, 0.2) is 11.5 Å². The highest BCUT2D eigenvalue weighted by atomic mass is 16.3. The van der Waals surface area contributed by atoms with Crippen molar-refractivity contribution in [1.82, 2.24) is 0 Å². The van der Waals surface area contributed by atoms with Gasteiger partial charge in [-0.3, -0.25) is 0 Å². The molecule has 160 valence electrons. The van der Waals surface area contributed by atoms with Crippen LogP contribution in [-0.4, -0.2) is 10.2 Å². The lowest BCUT2D eigenvalue weighted by Gasteiger charge is -2.07. The molecular weight excluding hydrogens is 356 g/mol. The molecule has 0 heterocycles. The molecule has 0 aliphatic rings. The molecule has 2 heteroatoms. The van der Waals surface area contributed by atoms with Crippen molar-refractivity contribution in [1.29, 1.82) is 0 Å². The van der Waals surface area contributed by atoms with Gasteiger partial charge in [-0.05, 0) is 110 Å². The summed E-state index contributed by atoms with van der Waals surface area (Å²) in [6.07, 6.45) is 16.8. The van der Waals surface area contributed by atoms with Crippen LogP contribution in [-0.2, 0) is 6.42 Å². The Balaban J connectivity index is 2.39. The first kappa shape index (κ1) is 24.8. The third-order valence-electron chi connectivity index (χ3n) is 5.26. The van der Waals surface area contributed by atoms with Gasteiger partial charge >= 0.3 is 0 Å². The van der Waals surface area contributed by atoms with Gasteiger partial charge in [0.2, 0.25) is 0 Å². The second kappa shape index (κ2) is 13.1. The summed E-state index contributed by atoms with van der Waals surface area (Å²) in [4.78, 5) is 0. The van der Waals surface area contributed by atoms with Crippen LogP contribution in [0.3, 0.4) is 0 Å². The standard InChI is InChI=1S/C27H40O2/c1-20(2)10-7-11-21(3)12-8-13-22(4)14-9-15-23(5)16-17-25-19-27(29)26(28)18-24(25)6/h10,12,14,16,18-19,28-29H,7-9,11,13,15,17H2,1-6H3/b21-12+,22-14+,23-16+. The fraction of sp³-hybridized carbons (Fsp3) is 0.481. The molecule has 0 bridgehead atoms. The van der Waals surface area contributed by atoms with E-state index in [4.69, 9.17) is 0 Å². The SMILES string of the molecule is CC(C)=CCC/C(C)=C/CC/C(C)=C/CC/C(C)=C/Cc1cc(O)c(O)cc1C. The predicted octanol–water partition coefficient (Wildman–Crippen LogP) is 8.09. The van der Waals surface area contributed by atoms with Crippen LogP contribution in [0.15, 0.2) is 58.7 Å². The number of aryl methyl sites for hydroxylation is 1. The summed E-state index contributed by atoms with van der Waals surface area (Å²) in [5, 5.41) is 19.2. The van der Waals surface area contributed by atoms with Crippen LogP contribution in [0.1, 0.15) is 84.3 Å². The van der Waals surface area contributed by atoms with Gasteiger partial charge in [-0.1, -0.05) is 46.6 Å². The number of aromatic hydroxyl groups is 2. The molecule has 2 nitrogen and oxygen atoms in total. The summed E-state index contributed by atoms with van der Waals surface area (Å²) in [5.41, 5.74) is 7.77. The van der Waals surface area contributed by atoms with E-state index < -0.39 is 0 Å². The lowest BCUT2D eigenvalue weighted by molar-refractivity contribution is 0.403. The highest BCUT2D eigenvalue weighted by Gasteiger charge is 2.04. The third kappa shape index (κ3) is 10.8. The van der Waals surface area contributed by atoms with Gasteiger partial charge in [-0.25, -0.2) is 0 Å². The molecular formula is C27H40O2. The van der Waals surface area contributed by atoms with Crippen molar-refractivity contribution in [2.24, 2.45) is 0 Å². The summed E-state index contributed by atoms with van der Waals surface area (Å²) in [6.45, 7) is 12.9. The van der Waals surface area contributed by atoms with Crippen molar-refractivity contribution in [2.45, 2.75) is 86.5 Å².